The first-order chi connectivity index (χ1) is 6.79. The summed E-state index contributed by atoms with van der Waals surface area (Å²) in [5, 5.41) is 0. The van der Waals surface area contributed by atoms with Crippen LogP contribution in [-0.2, 0) is 6.42 Å². The molecule has 0 bridgehead atoms. The van der Waals surface area contributed by atoms with Crippen LogP contribution in [0.15, 0.2) is 24.3 Å². The van der Waals surface area contributed by atoms with Crippen LogP contribution in [0, 0.1) is 0 Å². The molecule has 1 aromatic carbocycles. The van der Waals surface area contributed by atoms with Gasteiger partial charge in [-0.25, -0.2) is 0 Å². The van der Waals surface area contributed by atoms with Gasteiger partial charge in [0.1, 0.15) is 11.9 Å². The Labute approximate surface area is 84.0 Å². The maximum absolute atomic E-state index is 5.78. The number of ether oxygens (including phenoxy) is 1. The molecule has 3 heteroatoms. The van der Waals surface area contributed by atoms with Gasteiger partial charge in [0, 0.05) is 25.4 Å². The van der Waals surface area contributed by atoms with E-state index in [2.05, 4.69) is 6.07 Å². The van der Waals surface area contributed by atoms with Crippen molar-refractivity contribution in [3.8, 4) is 5.75 Å². The van der Waals surface area contributed by atoms with Crippen LogP contribution >= 0.6 is 0 Å². The highest BCUT2D eigenvalue weighted by Crippen LogP contribution is 2.29. The highest BCUT2D eigenvalue weighted by Gasteiger charge is 2.23. The summed E-state index contributed by atoms with van der Waals surface area (Å²) in [6, 6.07) is 8.18. The Morgan fingerprint density at radius 1 is 1.43 bits per heavy atom. The zero-order valence-corrected chi connectivity index (χ0v) is 8.15. The number of hydrogen-bond acceptors (Lipinski definition) is 3. The number of para-hydroxylation sites is 1. The molecule has 1 aliphatic heterocycles. The second kappa shape index (κ2) is 3.98. The Hall–Kier alpha value is -1.06. The lowest BCUT2D eigenvalue weighted by Gasteiger charge is -2.14. The normalized spacial score (nSPS) is 21.4. The summed E-state index contributed by atoms with van der Waals surface area (Å²) in [7, 11) is 0. The van der Waals surface area contributed by atoms with Crippen LogP contribution in [0.4, 0.5) is 0 Å². The average Bonchev–Trinajstić information content (AvgIpc) is 2.59. The van der Waals surface area contributed by atoms with E-state index in [9.17, 15) is 0 Å². The van der Waals surface area contributed by atoms with Crippen LogP contribution < -0.4 is 16.2 Å². The van der Waals surface area contributed by atoms with E-state index in [0.717, 1.165) is 18.6 Å². The van der Waals surface area contributed by atoms with Crippen molar-refractivity contribution in [3.63, 3.8) is 0 Å². The van der Waals surface area contributed by atoms with Crippen LogP contribution in [0.25, 0.3) is 0 Å². The van der Waals surface area contributed by atoms with Gasteiger partial charge in [0.05, 0.1) is 0 Å². The van der Waals surface area contributed by atoms with Gasteiger partial charge >= 0.3 is 0 Å². The molecule has 0 fully saturated rings. The molecule has 2 unspecified atom stereocenters. The Morgan fingerprint density at radius 2 is 2.21 bits per heavy atom. The van der Waals surface area contributed by atoms with Gasteiger partial charge in [0.25, 0.3) is 0 Å². The standard InChI is InChI=1S/C11H16N2O/c12-7-9(13)6-10-5-8-3-1-2-4-11(8)14-10/h1-4,9-10H,5-7,12-13H2. The van der Waals surface area contributed by atoms with E-state index in [4.69, 9.17) is 16.2 Å². The minimum atomic E-state index is 0.0503. The molecule has 0 aliphatic carbocycles. The molecule has 0 radical (unpaired) electrons. The molecular weight excluding hydrogens is 176 g/mol. The number of fused-ring (bicyclic) bond motifs is 1. The smallest absolute Gasteiger partial charge is 0.123 e. The van der Waals surface area contributed by atoms with Crippen LogP contribution in [0.1, 0.15) is 12.0 Å². The largest absolute Gasteiger partial charge is 0.490 e. The second-order valence-corrected chi connectivity index (χ2v) is 3.78. The summed E-state index contributed by atoms with van der Waals surface area (Å²) < 4.78 is 5.74. The third-order valence-corrected chi connectivity index (χ3v) is 2.58. The Kier molecular flexibility index (Phi) is 2.70. The second-order valence-electron chi connectivity index (χ2n) is 3.78. The lowest BCUT2D eigenvalue weighted by atomic mass is 10.0. The fourth-order valence-corrected chi connectivity index (χ4v) is 1.82. The topological polar surface area (TPSA) is 61.3 Å². The molecule has 2 rings (SSSR count). The van der Waals surface area contributed by atoms with Gasteiger partial charge in [-0.05, 0) is 11.6 Å². The molecule has 1 aliphatic rings. The van der Waals surface area contributed by atoms with Crippen molar-refractivity contribution >= 4 is 0 Å². The van der Waals surface area contributed by atoms with Gasteiger partial charge < -0.3 is 16.2 Å². The summed E-state index contributed by atoms with van der Waals surface area (Å²) in [4.78, 5) is 0. The zero-order valence-electron chi connectivity index (χ0n) is 8.15. The van der Waals surface area contributed by atoms with E-state index in [1.807, 2.05) is 18.2 Å². The number of hydrogen-bond donors (Lipinski definition) is 2. The van der Waals surface area contributed by atoms with Crippen LogP contribution in [0.2, 0.25) is 0 Å². The average molecular weight is 192 g/mol. The van der Waals surface area contributed by atoms with Crippen molar-refractivity contribution in [1.29, 1.82) is 0 Å². The third kappa shape index (κ3) is 1.89. The molecule has 4 N–H and O–H groups in total. The minimum Gasteiger partial charge on any atom is -0.490 e. The molecule has 0 amide bonds. The highest BCUT2D eigenvalue weighted by molar-refractivity contribution is 5.37. The number of nitrogens with two attached hydrogens (primary N) is 2. The molecule has 14 heavy (non-hydrogen) atoms. The van der Waals surface area contributed by atoms with Gasteiger partial charge in [-0.1, -0.05) is 18.2 Å². The lowest BCUT2D eigenvalue weighted by Crippen LogP contribution is -2.34. The molecular formula is C11H16N2O. The molecule has 2 atom stereocenters. The van der Waals surface area contributed by atoms with Crippen LogP contribution in [0.5, 0.6) is 5.75 Å². The fraction of sp³-hybridized carbons (Fsp3) is 0.455. The van der Waals surface area contributed by atoms with E-state index in [0.29, 0.717) is 6.54 Å². The molecule has 0 spiro atoms. The first-order valence-corrected chi connectivity index (χ1v) is 5.00. The van der Waals surface area contributed by atoms with E-state index in [1.165, 1.54) is 5.56 Å². The van der Waals surface area contributed by atoms with Crippen molar-refractivity contribution in [3.05, 3.63) is 29.8 Å². The summed E-state index contributed by atoms with van der Waals surface area (Å²) in [6.07, 6.45) is 2.01. The van der Waals surface area contributed by atoms with E-state index >= 15 is 0 Å². The third-order valence-electron chi connectivity index (χ3n) is 2.58. The maximum Gasteiger partial charge on any atom is 0.123 e. The van der Waals surface area contributed by atoms with Crippen molar-refractivity contribution in [1.82, 2.24) is 0 Å². The van der Waals surface area contributed by atoms with Gasteiger partial charge in [0.15, 0.2) is 0 Å². The molecule has 0 aromatic heterocycles. The summed E-state index contributed by atoms with van der Waals surface area (Å²) in [6.45, 7) is 0.524. The van der Waals surface area contributed by atoms with Crippen LogP contribution in [-0.4, -0.2) is 18.7 Å². The molecule has 0 saturated carbocycles. The zero-order chi connectivity index (χ0) is 9.97. The molecule has 76 valence electrons. The lowest BCUT2D eigenvalue weighted by molar-refractivity contribution is 0.211. The van der Waals surface area contributed by atoms with Gasteiger partial charge in [-0.3, -0.25) is 0 Å². The van der Waals surface area contributed by atoms with Gasteiger partial charge in [0.2, 0.25) is 0 Å². The number of rotatable bonds is 3. The SMILES string of the molecule is NCC(N)CC1Cc2ccccc2O1. The Bertz CT molecular complexity index is 289. The minimum absolute atomic E-state index is 0.0503. The highest BCUT2D eigenvalue weighted by atomic mass is 16.5. The molecule has 1 heterocycles. The van der Waals surface area contributed by atoms with Gasteiger partial charge in [-0.15, -0.1) is 0 Å². The maximum atomic E-state index is 5.78. The summed E-state index contributed by atoms with van der Waals surface area (Å²) in [5.41, 5.74) is 12.5. The summed E-state index contributed by atoms with van der Waals surface area (Å²) in [5.74, 6) is 1.00. The molecule has 1 aromatic rings. The first-order valence-electron chi connectivity index (χ1n) is 5.00. The molecule has 0 saturated heterocycles. The predicted molar refractivity (Wildman–Crippen MR) is 56.2 cm³/mol. The molecule has 3 nitrogen and oxygen atoms in total. The van der Waals surface area contributed by atoms with Crippen molar-refractivity contribution in [2.24, 2.45) is 11.5 Å². The predicted octanol–water partition coefficient (Wildman–Crippen LogP) is 0.666. The van der Waals surface area contributed by atoms with E-state index < -0.39 is 0 Å². The van der Waals surface area contributed by atoms with E-state index in [-0.39, 0.29) is 12.1 Å². The Balaban J connectivity index is 1.98. The number of benzene rings is 1. The van der Waals surface area contributed by atoms with E-state index in [1.54, 1.807) is 0 Å². The van der Waals surface area contributed by atoms with Crippen molar-refractivity contribution in [2.75, 3.05) is 6.54 Å². The van der Waals surface area contributed by atoms with Crippen molar-refractivity contribution < 1.29 is 4.74 Å². The summed E-state index contributed by atoms with van der Waals surface area (Å²) >= 11 is 0. The first kappa shape index (κ1) is 9.49. The van der Waals surface area contributed by atoms with Crippen LogP contribution in [0.3, 0.4) is 0 Å². The quantitative estimate of drug-likeness (QED) is 0.739. The fourth-order valence-electron chi connectivity index (χ4n) is 1.82. The monoisotopic (exact) mass is 192 g/mol. The van der Waals surface area contributed by atoms with Gasteiger partial charge in [-0.2, -0.15) is 0 Å². The van der Waals surface area contributed by atoms with Crippen molar-refractivity contribution in [2.45, 2.75) is 25.0 Å². The Morgan fingerprint density at radius 3 is 2.93 bits per heavy atom.